The van der Waals surface area contributed by atoms with Crippen molar-refractivity contribution in [2.24, 2.45) is 0 Å². The summed E-state index contributed by atoms with van der Waals surface area (Å²) in [4.78, 5) is 10.8. The van der Waals surface area contributed by atoms with Gasteiger partial charge in [0.15, 0.2) is 12.4 Å². The topological polar surface area (TPSA) is 85.2 Å². The number of hydrogen-bond acceptors (Lipinski definition) is 6. The molecule has 17 heavy (non-hydrogen) atoms. The van der Waals surface area contributed by atoms with Crippen LogP contribution in [0, 0.1) is 0 Å². The SMILES string of the molecule is C=CCO[C@@H]1O[C@@H](C)[C@@H](OC(C)=O)[C@@H](O)[C@@H]1O. The summed E-state index contributed by atoms with van der Waals surface area (Å²) in [6.45, 7) is 6.52. The van der Waals surface area contributed by atoms with Crippen LogP contribution in [0.3, 0.4) is 0 Å². The standard InChI is InChI=1S/C11H18O6/c1-4-5-15-11-9(14)8(13)10(6(2)16-11)17-7(3)12/h4,6,8-11,13-14H,1,5H2,2-3H3/t6-,8-,9-,10+,11+/m0/s1. The number of aliphatic hydroxyl groups is 2. The summed E-state index contributed by atoms with van der Waals surface area (Å²) in [5.41, 5.74) is 0. The van der Waals surface area contributed by atoms with E-state index in [1.165, 1.54) is 13.0 Å². The van der Waals surface area contributed by atoms with Gasteiger partial charge in [0.25, 0.3) is 0 Å². The highest BCUT2D eigenvalue weighted by Crippen LogP contribution is 2.24. The van der Waals surface area contributed by atoms with Crippen molar-refractivity contribution >= 4 is 5.97 Å². The van der Waals surface area contributed by atoms with Gasteiger partial charge in [0.1, 0.15) is 12.2 Å². The molecule has 1 heterocycles. The molecule has 0 bridgehead atoms. The molecule has 0 radical (unpaired) electrons. The van der Waals surface area contributed by atoms with Gasteiger partial charge in [-0.1, -0.05) is 6.08 Å². The zero-order valence-corrected chi connectivity index (χ0v) is 9.91. The lowest BCUT2D eigenvalue weighted by atomic mass is 10.00. The molecule has 0 amide bonds. The Morgan fingerprint density at radius 2 is 2.12 bits per heavy atom. The average Bonchev–Trinajstić information content (AvgIpc) is 2.27. The second kappa shape index (κ2) is 6.11. The van der Waals surface area contributed by atoms with Gasteiger partial charge in [-0.15, -0.1) is 6.58 Å². The molecular formula is C11H18O6. The summed E-state index contributed by atoms with van der Waals surface area (Å²) < 4.78 is 15.4. The van der Waals surface area contributed by atoms with Crippen LogP contribution in [0.25, 0.3) is 0 Å². The Bertz CT molecular complexity index is 279. The van der Waals surface area contributed by atoms with Crippen molar-refractivity contribution in [3.63, 3.8) is 0 Å². The Morgan fingerprint density at radius 1 is 1.47 bits per heavy atom. The summed E-state index contributed by atoms with van der Waals surface area (Å²) in [5.74, 6) is -0.540. The molecule has 0 aromatic heterocycles. The number of rotatable bonds is 4. The van der Waals surface area contributed by atoms with E-state index in [2.05, 4.69) is 6.58 Å². The van der Waals surface area contributed by atoms with Gasteiger partial charge in [0, 0.05) is 6.92 Å². The zero-order chi connectivity index (χ0) is 13.0. The first-order valence-corrected chi connectivity index (χ1v) is 5.38. The molecule has 1 fully saturated rings. The van der Waals surface area contributed by atoms with E-state index in [-0.39, 0.29) is 6.61 Å². The van der Waals surface area contributed by atoms with Crippen molar-refractivity contribution in [3.8, 4) is 0 Å². The first-order chi connectivity index (χ1) is 7.97. The summed E-state index contributed by atoms with van der Waals surface area (Å²) in [6.07, 6.45) is -3.42. The number of carbonyl (C=O) groups excluding carboxylic acids is 1. The van der Waals surface area contributed by atoms with Gasteiger partial charge in [-0.2, -0.15) is 0 Å². The molecule has 0 unspecified atom stereocenters. The number of ether oxygens (including phenoxy) is 3. The first-order valence-electron chi connectivity index (χ1n) is 5.38. The fourth-order valence-electron chi connectivity index (χ4n) is 1.66. The molecule has 1 saturated heterocycles. The van der Waals surface area contributed by atoms with Crippen molar-refractivity contribution in [2.45, 2.75) is 44.6 Å². The summed E-state index contributed by atoms with van der Waals surface area (Å²) >= 11 is 0. The molecule has 1 aliphatic heterocycles. The lowest BCUT2D eigenvalue weighted by Gasteiger charge is -2.40. The first kappa shape index (κ1) is 14.1. The highest BCUT2D eigenvalue weighted by Gasteiger charge is 2.44. The van der Waals surface area contributed by atoms with Crippen LogP contribution in [-0.2, 0) is 19.0 Å². The lowest BCUT2D eigenvalue weighted by molar-refractivity contribution is -0.292. The smallest absolute Gasteiger partial charge is 0.303 e. The molecule has 98 valence electrons. The third kappa shape index (κ3) is 3.50. The predicted octanol–water partition coefficient (Wildman–Crippen LogP) is -0.413. The second-order valence-corrected chi connectivity index (χ2v) is 3.89. The van der Waals surface area contributed by atoms with Crippen molar-refractivity contribution in [3.05, 3.63) is 12.7 Å². The Balaban J connectivity index is 2.65. The van der Waals surface area contributed by atoms with Gasteiger partial charge in [-0.05, 0) is 6.92 Å². The number of carbonyl (C=O) groups is 1. The predicted molar refractivity (Wildman–Crippen MR) is 58.1 cm³/mol. The minimum Gasteiger partial charge on any atom is -0.457 e. The highest BCUT2D eigenvalue weighted by molar-refractivity contribution is 5.66. The van der Waals surface area contributed by atoms with Crippen LogP contribution in [0.4, 0.5) is 0 Å². The fraction of sp³-hybridized carbons (Fsp3) is 0.727. The van der Waals surface area contributed by atoms with Gasteiger partial charge < -0.3 is 24.4 Å². The van der Waals surface area contributed by atoms with Gasteiger partial charge in [0.2, 0.25) is 0 Å². The van der Waals surface area contributed by atoms with E-state index < -0.39 is 36.7 Å². The van der Waals surface area contributed by atoms with Crippen molar-refractivity contribution < 1.29 is 29.2 Å². The number of hydrogen-bond donors (Lipinski definition) is 2. The normalized spacial score (nSPS) is 37.5. The molecule has 5 atom stereocenters. The molecule has 0 aromatic carbocycles. The summed E-state index contributed by atoms with van der Waals surface area (Å²) in [5, 5.41) is 19.6. The maximum Gasteiger partial charge on any atom is 0.303 e. The Hall–Kier alpha value is -0.950. The molecule has 0 saturated carbocycles. The van der Waals surface area contributed by atoms with Crippen LogP contribution in [0.2, 0.25) is 0 Å². The van der Waals surface area contributed by atoms with E-state index >= 15 is 0 Å². The van der Waals surface area contributed by atoms with Crippen molar-refractivity contribution in [1.29, 1.82) is 0 Å². The van der Waals surface area contributed by atoms with Gasteiger partial charge in [0.05, 0.1) is 12.7 Å². The summed E-state index contributed by atoms with van der Waals surface area (Å²) in [7, 11) is 0. The van der Waals surface area contributed by atoms with E-state index in [1.54, 1.807) is 6.92 Å². The van der Waals surface area contributed by atoms with E-state index in [1.807, 2.05) is 0 Å². The number of esters is 1. The molecule has 1 rings (SSSR count). The third-order valence-corrected chi connectivity index (χ3v) is 2.46. The molecule has 0 aliphatic carbocycles. The quantitative estimate of drug-likeness (QED) is 0.518. The molecule has 1 aliphatic rings. The Morgan fingerprint density at radius 3 is 2.65 bits per heavy atom. The largest absolute Gasteiger partial charge is 0.457 e. The van der Waals surface area contributed by atoms with E-state index in [0.717, 1.165) is 0 Å². The maximum absolute atomic E-state index is 10.8. The molecule has 0 aromatic rings. The van der Waals surface area contributed by atoms with Crippen LogP contribution < -0.4 is 0 Å². The van der Waals surface area contributed by atoms with Crippen LogP contribution >= 0.6 is 0 Å². The van der Waals surface area contributed by atoms with Gasteiger partial charge in [-0.3, -0.25) is 4.79 Å². The Labute approximate surface area is 99.8 Å². The summed E-state index contributed by atoms with van der Waals surface area (Å²) in [6, 6.07) is 0. The lowest BCUT2D eigenvalue weighted by Crippen LogP contribution is -2.58. The van der Waals surface area contributed by atoms with Crippen molar-refractivity contribution in [2.75, 3.05) is 6.61 Å². The van der Waals surface area contributed by atoms with E-state index in [9.17, 15) is 15.0 Å². The van der Waals surface area contributed by atoms with Gasteiger partial charge in [-0.25, -0.2) is 0 Å². The van der Waals surface area contributed by atoms with Crippen molar-refractivity contribution in [1.82, 2.24) is 0 Å². The molecule has 2 N–H and O–H groups in total. The minimum absolute atomic E-state index is 0.194. The molecular weight excluding hydrogens is 228 g/mol. The van der Waals surface area contributed by atoms with E-state index in [0.29, 0.717) is 0 Å². The van der Waals surface area contributed by atoms with Crippen LogP contribution in [0.5, 0.6) is 0 Å². The second-order valence-electron chi connectivity index (χ2n) is 3.89. The van der Waals surface area contributed by atoms with E-state index in [4.69, 9.17) is 14.2 Å². The van der Waals surface area contributed by atoms with Crippen LogP contribution in [0.1, 0.15) is 13.8 Å². The van der Waals surface area contributed by atoms with Crippen LogP contribution in [0.15, 0.2) is 12.7 Å². The van der Waals surface area contributed by atoms with Crippen LogP contribution in [-0.4, -0.2) is 53.5 Å². The molecule has 6 nitrogen and oxygen atoms in total. The fourth-order valence-corrected chi connectivity index (χ4v) is 1.66. The average molecular weight is 246 g/mol. The Kier molecular flexibility index (Phi) is 5.07. The monoisotopic (exact) mass is 246 g/mol. The molecule has 0 spiro atoms. The zero-order valence-electron chi connectivity index (χ0n) is 9.91. The maximum atomic E-state index is 10.8. The highest BCUT2D eigenvalue weighted by atomic mass is 16.7. The molecule has 6 heteroatoms. The minimum atomic E-state index is -1.27. The van der Waals surface area contributed by atoms with Gasteiger partial charge >= 0.3 is 5.97 Å². The third-order valence-electron chi connectivity index (χ3n) is 2.46. The number of aliphatic hydroxyl groups excluding tert-OH is 2.